The number of aromatic nitrogens is 2. The van der Waals surface area contributed by atoms with Crippen LogP contribution in [0.5, 0.6) is 0 Å². The third-order valence-electron chi connectivity index (χ3n) is 3.37. The Morgan fingerprint density at radius 2 is 2.26 bits per heavy atom. The molecule has 0 atom stereocenters. The number of nitrogens with one attached hydrogen (secondary N) is 1. The highest BCUT2D eigenvalue weighted by molar-refractivity contribution is 5.92. The summed E-state index contributed by atoms with van der Waals surface area (Å²) in [6.45, 7) is 5.97. The molecule has 1 saturated heterocycles. The molecule has 0 unspecified atom stereocenters. The molecule has 8 nitrogen and oxygen atoms in total. The largest absolute Gasteiger partial charge is 0.449 e. The number of nitrogens with two attached hydrogens (primary N) is 1. The van der Waals surface area contributed by atoms with Gasteiger partial charge in [-0.1, -0.05) is 13.8 Å². The average Bonchev–Trinajstić information content (AvgIpc) is 2.47. The number of hydrogen-bond donors (Lipinski definition) is 2. The number of carbonyl (C=O) groups excluding carboxylic acids is 2. The summed E-state index contributed by atoms with van der Waals surface area (Å²) in [4.78, 5) is 33.3. The van der Waals surface area contributed by atoms with Crippen molar-refractivity contribution in [1.29, 1.82) is 0 Å². The average molecular weight is 321 g/mol. The maximum atomic E-state index is 12.2. The first-order chi connectivity index (χ1) is 11.0. The molecule has 0 aliphatic carbocycles. The third kappa shape index (κ3) is 5.08. The first kappa shape index (κ1) is 17.0. The van der Waals surface area contributed by atoms with Crippen LogP contribution >= 0.6 is 0 Å². The molecule has 3 N–H and O–H groups in total. The number of anilines is 1. The molecule has 126 valence electrons. The molecule has 2 amide bonds. The van der Waals surface area contributed by atoms with Gasteiger partial charge < -0.3 is 20.7 Å². The van der Waals surface area contributed by atoms with Crippen molar-refractivity contribution < 1.29 is 14.3 Å². The van der Waals surface area contributed by atoms with Gasteiger partial charge in [-0.15, -0.1) is 0 Å². The Kier molecular flexibility index (Phi) is 5.72. The number of cyclic esters (lactones) is 1. The lowest BCUT2D eigenvalue weighted by Gasteiger charge is -2.26. The van der Waals surface area contributed by atoms with Gasteiger partial charge in [0.15, 0.2) is 0 Å². The zero-order chi connectivity index (χ0) is 16.8. The fourth-order valence-electron chi connectivity index (χ4n) is 2.35. The molecule has 8 heteroatoms. The lowest BCUT2D eigenvalue weighted by molar-refractivity contribution is 0.0719. The third-order valence-corrected chi connectivity index (χ3v) is 3.37. The van der Waals surface area contributed by atoms with Gasteiger partial charge in [-0.2, -0.15) is 0 Å². The molecule has 23 heavy (non-hydrogen) atoms. The van der Waals surface area contributed by atoms with Crippen LogP contribution in [0.25, 0.3) is 0 Å². The van der Waals surface area contributed by atoms with Crippen molar-refractivity contribution in [1.82, 2.24) is 20.2 Å². The number of rotatable bonds is 6. The summed E-state index contributed by atoms with van der Waals surface area (Å²) in [6, 6.07) is 1.65. The number of nitrogens with zero attached hydrogens (tertiary/aromatic N) is 3. The summed E-state index contributed by atoms with van der Waals surface area (Å²) in [5.74, 6) is 0.174. The molecule has 0 spiro atoms. The second-order valence-electron chi connectivity index (χ2n) is 5.91. The van der Waals surface area contributed by atoms with Crippen LogP contribution < -0.4 is 11.1 Å². The Balaban J connectivity index is 1.90. The summed E-state index contributed by atoms with van der Waals surface area (Å²) in [5.41, 5.74) is 6.66. The van der Waals surface area contributed by atoms with Gasteiger partial charge in [-0.25, -0.2) is 14.8 Å². The predicted octanol–water partition coefficient (Wildman–Crippen LogP) is 0.829. The van der Waals surface area contributed by atoms with E-state index >= 15 is 0 Å². The minimum atomic E-state index is -0.337. The molecule has 2 rings (SSSR count). The van der Waals surface area contributed by atoms with E-state index in [2.05, 4.69) is 29.1 Å². The van der Waals surface area contributed by atoms with Crippen LogP contribution in [0.15, 0.2) is 6.07 Å². The van der Waals surface area contributed by atoms with Gasteiger partial charge in [0.25, 0.3) is 5.91 Å². The minimum Gasteiger partial charge on any atom is -0.449 e. The lowest BCUT2D eigenvalue weighted by atomic mass is 10.1. The van der Waals surface area contributed by atoms with Crippen LogP contribution in [0.1, 0.15) is 36.5 Å². The van der Waals surface area contributed by atoms with Crippen LogP contribution in [0.4, 0.5) is 10.7 Å². The normalized spacial score (nSPS) is 14.7. The maximum absolute atomic E-state index is 12.2. The van der Waals surface area contributed by atoms with E-state index < -0.39 is 0 Å². The molecule has 0 aromatic carbocycles. The van der Waals surface area contributed by atoms with Crippen molar-refractivity contribution >= 4 is 17.9 Å². The monoisotopic (exact) mass is 321 g/mol. The van der Waals surface area contributed by atoms with Crippen LogP contribution in [-0.4, -0.2) is 53.1 Å². The van der Waals surface area contributed by atoms with Crippen molar-refractivity contribution in [3.05, 3.63) is 17.5 Å². The van der Waals surface area contributed by atoms with E-state index in [0.29, 0.717) is 32.2 Å². The zero-order valence-electron chi connectivity index (χ0n) is 13.5. The number of amides is 2. The van der Waals surface area contributed by atoms with E-state index in [1.54, 1.807) is 11.0 Å². The van der Waals surface area contributed by atoms with Crippen LogP contribution in [-0.2, 0) is 11.2 Å². The Hall–Kier alpha value is -2.38. The van der Waals surface area contributed by atoms with E-state index in [1.807, 2.05) is 0 Å². The van der Waals surface area contributed by atoms with Crippen molar-refractivity contribution in [2.75, 3.05) is 32.0 Å². The molecule has 1 aromatic heterocycles. The summed E-state index contributed by atoms with van der Waals surface area (Å²) >= 11 is 0. The van der Waals surface area contributed by atoms with E-state index in [9.17, 15) is 9.59 Å². The molecule has 1 aromatic rings. The highest BCUT2D eigenvalue weighted by Crippen LogP contribution is 2.09. The highest BCUT2D eigenvalue weighted by Gasteiger charge is 2.19. The van der Waals surface area contributed by atoms with E-state index in [4.69, 9.17) is 10.5 Å². The van der Waals surface area contributed by atoms with Gasteiger partial charge in [0, 0.05) is 25.3 Å². The quantitative estimate of drug-likeness (QED) is 0.803. The number of nitrogen functional groups attached to an aromatic ring is 1. The van der Waals surface area contributed by atoms with E-state index in [0.717, 1.165) is 18.5 Å². The molecule has 1 aliphatic rings. The zero-order valence-corrected chi connectivity index (χ0v) is 13.5. The molecular formula is C15H23N5O3. The van der Waals surface area contributed by atoms with Crippen molar-refractivity contribution in [3.63, 3.8) is 0 Å². The Morgan fingerprint density at radius 1 is 1.48 bits per heavy atom. The summed E-state index contributed by atoms with van der Waals surface area (Å²) in [5, 5.41) is 2.74. The van der Waals surface area contributed by atoms with Gasteiger partial charge >= 0.3 is 6.09 Å². The predicted molar refractivity (Wildman–Crippen MR) is 84.9 cm³/mol. The van der Waals surface area contributed by atoms with Crippen LogP contribution in [0.3, 0.4) is 0 Å². The summed E-state index contributed by atoms with van der Waals surface area (Å²) in [6.07, 6.45) is 1.20. The van der Waals surface area contributed by atoms with Gasteiger partial charge in [0.1, 0.15) is 5.69 Å². The van der Waals surface area contributed by atoms with Crippen molar-refractivity contribution in [2.45, 2.75) is 26.7 Å². The van der Waals surface area contributed by atoms with Crippen LogP contribution in [0.2, 0.25) is 0 Å². The number of hydrogen-bond acceptors (Lipinski definition) is 6. The Labute approximate surface area is 135 Å². The summed E-state index contributed by atoms with van der Waals surface area (Å²) in [7, 11) is 0. The van der Waals surface area contributed by atoms with Gasteiger partial charge in [0.05, 0.1) is 6.61 Å². The lowest BCUT2D eigenvalue weighted by Crippen LogP contribution is -2.42. The number of carbonyl (C=O) groups is 2. The maximum Gasteiger partial charge on any atom is 0.409 e. The Morgan fingerprint density at radius 3 is 2.96 bits per heavy atom. The molecule has 1 aliphatic heterocycles. The SMILES string of the molecule is CC(C)Cc1cc(C(=O)NCCN2CCCOC2=O)nc(N)n1. The molecular weight excluding hydrogens is 298 g/mol. The van der Waals surface area contributed by atoms with Gasteiger partial charge in [0.2, 0.25) is 5.95 Å². The first-order valence-corrected chi connectivity index (χ1v) is 7.79. The molecule has 1 fully saturated rings. The summed E-state index contributed by atoms with van der Waals surface area (Å²) < 4.78 is 4.94. The molecule has 0 saturated carbocycles. The standard InChI is InChI=1S/C15H23N5O3/c1-10(2)8-11-9-12(19-14(16)18-11)13(21)17-4-6-20-5-3-7-23-15(20)22/h9-10H,3-8H2,1-2H3,(H,17,21)(H2,16,18,19). The highest BCUT2D eigenvalue weighted by atomic mass is 16.6. The Bertz CT molecular complexity index is 576. The first-order valence-electron chi connectivity index (χ1n) is 7.79. The fourth-order valence-corrected chi connectivity index (χ4v) is 2.35. The van der Waals surface area contributed by atoms with Gasteiger partial charge in [-0.05, 0) is 24.8 Å². The second-order valence-corrected chi connectivity index (χ2v) is 5.91. The van der Waals surface area contributed by atoms with Crippen molar-refractivity contribution in [3.8, 4) is 0 Å². The van der Waals surface area contributed by atoms with Crippen molar-refractivity contribution in [2.24, 2.45) is 5.92 Å². The van der Waals surface area contributed by atoms with E-state index in [-0.39, 0.29) is 23.6 Å². The fraction of sp³-hybridized carbons (Fsp3) is 0.600. The van der Waals surface area contributed by atoms with E-state index in [1.165, 1.54) is 0 Å². The number of ether oxygens (including phenoxy) is 1. The topological polar surface area (TPSA) is 110 Å². The molecule has 0 bridgehead atoms. The smallest absolute Gasteiger partial charge is 0.409 e. The van der Waals surface area contributed by atoms with Gasteiger partial charge in [-0.3, -0.25) is 4.79 Å². The minimum absolute atomic E-state index is 0.0907. The molecule has 2 heterocycles. The second kappa shape index (κ2) is 7.75. The van der Waals surface area contributed by atoms with Crippen LogP contribution in [0, 0.1) is 5.92 Å². The molecule has 0 radical (unpaired) electrons.